The van der Waals surface area contributed by atoms with Gasteiger partial charge in [-0.1, -0.05) is 13.0 Å². The van der Waals surface area contributed by atoms with Crippen LogP contribution in [0.1, 0.15) is 13.3 Å². The summed E-state index contributed by atoms with van der Waals surface area (Å²) in [6.45, 7) is 2.95. The van der Waals surface area contributed by atoms with E-state index in [0.717, 1.165) is 6.42 Å². The van der Waals surface area contributed by atoms with Crippen LogP contribution in [0.4, 0.5) is 0 Å². The van der Waals surface area contributed by atoms with Crippen LogP contribution in [0.2, 0.25) is 0 Å². The lowest BCUT2D eigenvalue weighted by molar-refractivity contribution is -0.128. The molecule has 0 saturated heterocycles. The van der Waals surface area contributed by atoms with Gasteiger partial charge in [-0.2, -0.15) is 0 Å². The lowest BCUT2D eigenvalue weighted by Gasteiger charge is -1.86. The maximum Gasteiger partial charge on any atom is 0.293 e. The maximum atomic E-state index is 9.34. The fourth-order valence-corrected chi connectivity index (χ4v) is 0.479. The van der Waals surface area contributed by atoms with Crippen molar-refractivity contribution in [3.8, 4) is 0 Å². The summed E-state index contributed by atoms with van der Waals surface area (Å²) >= 11 is 0. The molecule has 0 aliphatic heterocycles. The lowest BCUT2D eigenvalue weighted by Crippen LogP contribution is -1.86. The minimum atomic E-state index is 0.462. The Balaban J connectivity index is 0.000000202. The third-order valence-electron chi connectivity index (χ3n) is 0.957. The summed E-state index contributed by atoms with van der Waals surface area (Å²) in [7, 11) is 0. The number of ether oxygens (including phenoxy) is 1. The summed E-state index contributed by atoms with van der Waals surface area (Å²) in [5.41, 5.74) is 0. The van der Waals surface area contributed by atoms with E-state index in [1.54, 1.807) is 12.4 Å². The molecule has 0 atom stereocenters. The van der Waals surface area contributed by atoms with Crippen LogP contribution in [0, 0.1) is 0 Å². The monoisotopic (exact) mass is 167 g/mol. The number of carbonyl (C=O) groups is 1. The van der Waals surface area contributed by atoms with Crippen molar-refractivity contribution < 1.29 is 9.53 Å². The molecule has 3 heteroatoms. The average molecular weight is 167 g/mol. The third-order valence-corrected chi connectivity index (χ3v) is 0.957. The van der Waals surface area contributed by atoms with Gasteiger partial charge in [0, 0.05) is 12.4 Å². The summed E-state index contributed by atoms with van der Waals surface area (Å²) in [6, 6.07) is 5.72. The van der Waals surface area contributed by atoms with Crippen LogP contribution in [0.5, 0.6) is 0 Å². The van der Waals surface area contributed by atoms with Gasteiger partial charge >= 0.3 is 0 Å². The number of pyridine rings is 1. The smallest absolute Gasteiger partial charge is 0.293 e. The van der Waals surface area contributed by atoms with Gasteiger partial charge in [0.1, 0.15) is 0 Å². The van der Waals surface area contributed by atoms with E-state index in [2.05, 4.69) is 9.72 Å². The van der Waals surface area contributed by atoms with Crippen LogP contribution in [0.15, 0.2) is 30.6 Å². The van der Waals surface area contributed by atoms with Crippen molar-refractivity contribution >= 4 is 6.47 Å². The van der Waals surface area contributed by atoms with Crippen molar-refractivity contribution in [1.82, 2.24) is 4.98 Å². The summed E-state index contributed by atoms with van der Waals surface area (Å²) in [6.07, 6.45) is 4.40. The molecule has 0 aromatic carbocycles. The Morgan fingerprint density at radius 2 is 2.00 bits per heavy atom. The molecule has 0 fully saturated rings. The van der Waals surface area contributed by atoms with Gasteiger partial charge in [-0.3, -0.25) is 9.78 Å². The first-order valence-electron chi connectivity index (χ1n) is 3.82. The van der Waals surface area contributed by atoms with E-state index < -0.39 is 0 Å². The first kappa shape index (κ1) is 10.6. The minimum Gasteiger partial charge on any atom is -0.468 e. The Morgan fingerprint density at radius 3 is 2.17 bits per heavy atom. The number of carbonyl (C=O) groups excluding carboxylic acids is 1. The van der Waals surface area contributed by atoms with Crippen LogP contribution >= 0.6 is 0 Å². The fraction of sp³-hybridized carbons (Fsp3) is 0.333. The van der Waals surface area contributed by atoms with Crippen LogP contribution in [0.25, 0.3) is 0 Å². The second-order valence-electron chi connectivity index (χ2n) is 1.99. The van der Waals surface area contributed by atoms with E-state index in [0.29, 0.717) is 13.1 Å². The molecule has 0 saturated carbocycles. The maximum absolute atomic E-state index is 9.34. The van der Waals surface area contributed by atoms with Crippen LogP contribution in [-0.2, 0) is 9.53 Å². The molecule has 3 nitrogen and oxygen atoms in total. The van der Waals surface area contributed by atoms with Crippen molar-refractivity contribution in [1.29, 1.82) is 0 Å². The van der Waals surface area contributed by atoms with Gasteiger partial charge < -0.3 is 4.74 Å². The molecule has 0 aliphatic rings. The van der Waals surface area contributed by atoms with Gasteiger partial charge in [0.15, 0.2) is 0 Å². The predicted molar refractivity (Wildman–Crippen MR) is 46.5 cm³/mol. The molecule has 1 heterocycles. The van der Waals surface area contributed by atoms with Gasteiger partial charge in [-0.15, -0.1) is 0 Å². The topological polar surface area (TPSA) is 39.2 Å². The summed E-state index contributed by atoms with van der Waals surface area (Å²) in [4.78, 5) is 13.1. The molecular weight excluding hydrogens is 154 g/mol. The highest BCUT2D eigenvalue weighted by Crippen LogP contribution is 1.73. The van der Waals surface area contributed by atoms with Crippen LogP contribution in [-0.4, -0.2) is 18.1 Å². The standard InChI is InChI=1S/C5H5N.C4H8O2/c1-2-4-6-5-3-1;1-2-3-6-4-5/h1-5H;4H,2-3H2,1H3. The van der Waals surface area contributed by atoms with E-state index in [1.165, 1.54) is 0 Å². The molecule has 0 bridgehead atoms. The Hall–Kier alpha value is -1.38. The summed E-state index contributed by atoms with van der Waals surface area (Å²) in [5, 5.41) is 0. The zero-order chi connectivity index (χ0) is 9.07. The van der Waals surface area contributed by atoms with Gasteiger partial charge in [0.05, 0.1) is 6.61 Å². The largest absolute Gasteiger partial charge is 0.468 e. The molecule has 0 amide bonds. The van der Waals surface area contributed by atoms with E-state index in [1.807, 2.05) is 25.1 Å². The van der Waals surface area contributed by atoms with Crippen molar-refractivity contribution in [3.05, 3.63) is 30.6 Å². The second-order valence-corrected chi connectivity index (χ2v) is 1.99. The van der Waals surface area contributed by atoms with E-state index in [4.69, 9.17) is 0 Å². The Labute approximate surface area is 72.4 Å². The third kappa shape index (κ3) is 8.62. The molecule has 0 spiro atoms. The van der Waals surface area contributed by atoms with Gasteiger partial charge in [0.2, 0.25) is 0 Å². The normalized spacial score (nSPS) is 7.75. The molecule has 1 aromatic rings. The number of hydrogen-bond donors (Lipinski definition) is 0. The lowest BCUT2D eigenvalue weighted by atomic mass is 10.5. The van der Waals surface area contributed by atoms with Crippen molar-refractivity contribution in [2.45, 2.75) is 13.3 Å². The molecular formula is C9H13NO2. The highest BCUT2D eigenvalue weighted by molar-refractivity contribution is 5.36. The molecule has 0 N–H and O–H groups in total. The Morgan fingerprint density at radius 1 is 1.33 bits per heavy atom. The molecule has 0 aliphatic carbocycles. The molecule has 66 valence electrons. The quantitative estimate of drug-likeness (QED) is 0.507. The van der Waals surface area contributed by atoms with Crippen LogP contribution in [0.3, 0.4) is 0 Å². The fourth-order valence-electron chi connectivity index (χ4n) is 0.479. The second kappa shape index (κ2) is 9.62. The highest BCUT2D eigenvalue weighted by atomic mass is 16.5. The molecule has 1 rings (SSSR count). The first-order chi connectivity index (χ1) is 5.91. The number of nitrogens with zero attached hydrogens (tertiary/aromatic N) is 1. The highest BCUT2D eigenvalue weighted by Gasteiger charge is 1.71. The number of aromatic nitrogens is 1. The zero-order valence-corrected chi connectivity index (χ0v) is 7.14. The van der Waals surface area contributed by atoms with Crippen molar-refractivity contribution in [2.24, 2.45) is 0 Å². The SMILES string of the molecule is CCCOC=O.c1ccncc1. The first-order valence-corrected chi connectivity index (χ1v) is 3.82. The number of hydrogen-bond acceptors (Lipinski definition) is 3. The predicted octanol–water partition coefficient (Wildman–Crippen LogP) is 1.65. The molecule has 0 radical (unpaired) electrons. The Kier molecular flexibility index (Phi) is 8.51. The molecule has 1 aromatic heterocycles. The van der Waals surface area contributed by atoms with Crippen LogP contribution < -0.4 is 0 Å². The van der Waals surface area contributed by atoms with Gasteiger partial charge in [-0.05, 0) is 18.6 Å². The number of rotatable bonds is 3. The Bertz CT molecular complexity index is 150. The van der Waals surface area contributed by atoms with E-state index in [9.17, 15) is 4.79 Å². The molecule has 0 unspecified atom stereocenters. The van der Waals surface area contributed by atoms with E-state index >= 15 is 0 Å². The van der Waals surface area contributed by atoms with Crippen molar-refractivity contribution in [3.63, 3.8) is 0 Å². The summed E-state index contributed by atoms with van der Waals surface area (Å²) < 4.78 is 4.30. The summed E-state index contributed by atoms with van der Waals surface area (Å²) in [5.74, 6) is 0. The van der Waals surface area contributed by atoms with Gasteiger partial charge in [0.25, 0.3) is 6.47 Å². The van der Waals surface area contributed by atoms with Gasteiger partial charge in [-0.25, -0.2) is 0 Å². The zero-order valence-electron chi connectivity index (χ0n) is 7.14. The van der Waals surface area contributed by atoms with Crippen molar-refractivity contribution in [2.75, 3.05) is 6.61 Å². The van der Waals surface area contributed by atoms with E-state index in [-0.39, 0.29) is 0 Å². The molecule has 12 heavy (non-hydrogen) atoms. The minimum absolute atomic E-state index is 0.462. The average Bonchev–Trinajstić information content (AvgIpc) is 2.18.